The summed E-state index contributed by atoms with van der Waals surface area (Å²) in [6.07, 6.45) is 2.21. The third kappa shape index (κ3) is 8.34. The van der Waals surface area contributed by atoms with E-state index in [4.69, 9.17) is 0 Å². The van der Waals surface area contributed by atoms with Crippen molar-refractivity contribution in [2.75, 3.05) is 32.7 Å². The molecule has 0 saturated carbocycles. The van der Waals surface area contributed by atoms with Crippen molar-refractivity contribution in [3.05, 3.63) is 35.9 Å². The zero-order valence-corrected chi connectivity index (χ0v) is 20.0. The number of nitrogens with zero attached hydrogens (tertiary/aromatic N) is 2. The summed E-state index contributed by atoms with van der Waals surface area (Å²) in [5.74, 6) is 0.798. The highest BCUT2D eigenvalue weighted by molar-refractivity contribution is 14.0. The van der Waals surface area contributed by atoms with Crippen LogP contribution >= 0.6 is 24.0 Å². The van der Waals surface area contributed by atoms with Crippen LogP contribution in [0.5, 0.6) is 0 Å². The van der Waals surface area contributed by atoms with Crippen LogP contribution in [-0.4, -0.2) is 55.0 Å². The van der Waals surface area contributed by atoms with Gasteiger partial charge in [0, 0.05) is 37.8 Å². The van der Waals surface area contributed by atoms with Gasteiger partial charge in [0.05, 0.1) is 0 Å². The largest absolute Gasteiger partial charge is 0.357 e. The Morgan fingerprint density at radius 3 is 2.43 bits per heavy atom. The number of carbonyl (C=O) groups is 1. The highest BCUT2D eigenvalue weighted by Crippen LogP contribution is 2.15. The maximum absolute atomic E-state index is 12.2. The molecule has 1 aromatic carbocycles. The first kappa shape index (κ1) is 24.7. The van der Waals surface area contributed by atoms with Gasteiger partial charge in [-0.1, -0.05) is 30.3 Å². The monoisotopic (exact) mass is 501 g/mol. The first-order valence-electron chi connectivity index (χ1n) is 10.0. The van der Waals surface area contributed by atoms with E-state index in [1.807, 2.05) is 17.9 Å². The molecule has 1 fully saturated rings. The molecule has 1 unspecified atom stereocenters. The number of guanidine groups is 1. The molecule has 28 heavy (non-hydrogen) atoms. The Labute approximate surface area is 187 Å². The minimum absolute atomic E-state index is 0. The van der Waals surface area contributed by atoms with Gasteiger partial charge in [-0.15, -0.1) is 24.0 Å². The third-order valence-electron chi connectivity index (χ3n) is 4.78. The van der Waals surface area contributed by atoms with Crippen molar-refractivity contribution >= 4 is 35.8 Å². The molecule has 0 aromatic heterocycles. The van der Waals surface area contributed by atoms with Gasteiger partial charge in [0.15, 0.2) is 5.96 Å². The van der Waals surface area contributed by atoms with Crippen LogP contribution in [0.2, 0.25) is 0 Å². The molecule has 1 aliphatic heterocycles. The topological polar surface area (TPSA) is 68.8 Å². The fraction of sp³-hybridized carbons (Fsp3) is 0.619. The molecule has 0 radical (unpaired) electrons. The summed E-state index contributed by atoms with van der Waals surface area (Å²) in [5, 5.41) is 10.3. The molecule has 1 aromatic rings. The van der Waals surface area contributed by atoms with Gasteiger partial charge in [-0.2, -0.15) is 0 Å². The Kier molecular flexibility index (Phi) is 10.8. The molecular formula is C21H36IN5O. The highest BCUT2D eigenvalue weighted by atomic mass is 127. The van der Waals surface area contributed by atoms with Crippen molar-refractivity contribution in [1.82, 2.24) is 20.9 Å². The van der Waals surface area contributed by atoms with Gasteiger partial charge >= 0.3 is 0 Å². The van der Waals surface area contributed by atoms with Crippen LogP contribution in [0.3, 0.4) is 0 Å². The number of halogens is 1. The Morgan fingerprint density at radius 1 is 1.18 bits per heavy atom. The molecule has 3 N–H and O–H groups in total. The molecule has 1 saturated heterocycles. The molecular weight excluding hydrogens is 465 g/mol. The van der Waals surface area contributed by atoms with Gasteiger partial charge in [-0.05, 0) is 46.1 Å². The first-order chi connectivity index (χ1) is 12.9. The van der Waals surface area contributed by atoms with E-state index in [0.717, 1.165) is 32.5 Å². The SMILES string of the molecule is CCNC(=NCC(=O)N1CCCC1)NCC(C)(C)NC(C)c1ccccc1.I. The van der Waals surface area contributed by atoms with Gasteiger partial charge in [0.1, 0.15) is 6.54 Å². The van der Waals surface area contributed by atoms with Crippen molar-refractivity contribution in [2.24, 2.45) is 4.99 Å². The normalized spacial score (nSPS) is 15.7. The Morgan fingerprint density at radius 2 is 1.82 bits per heavy atom. The van der Waals surface area contributed by atoms with Crippen molar-refractivity contribution in [3.63, 3.8) is 0 Å². The average Bonchev–Trinajstić information content (AvgIpc) is 3.19. The van der Waals surface area contributed by atoms with E-state index in [1.165, 1.54) is 5.56 Å². The second-order valence-corrected chi connectivity index (χ2v) is 7.80. The van der Waals surface area contributed by atoms with Gasteiger partial charge < -0.3 is 20.9 Å². The molecule has 1 atom stereocenters. The molecule has 158 valence electrons. The maximum atomic E-state index is 12.2. The molecule has 0 bridgehead atoms. The summed E-state index contributed by atoms with van der Waals surface area (Å²) >= 11 is 0. The minimum Gasteiger partial charge on any atom is -0.357 e. The summed E-state index contributed by atoms with van der Waals surface area (Å²) in [6.45, 7) is 11.9. The quantitative estimate of drug-likeness (QED) is 0.291. The van der Waals surface area contributed by atoms with Crippen LogP contribution in [0.15, 0.2) is 35.3 Å². The second-order valence-electron chi connectivity index (χ2n) is 7.80. The van der Waals surface area contributed by atoms with E-state index in [0.29, 0.717) is 12.5 Å². The molecule has 0 spiro atoms. The number of carbonyl (C=O) groups excluding carboxylic acids is 1. The predicted octanol–water partition coefficient (Wildman–Crippen LogP) is 2.91. The number of rotatable bonds is 8. The number of benzene rings is 1. The lowest BCUT2D eigenvalue weighted by Crippen LogP contribution is -2.52. The molecule has 1 heterocycles. The van der Waals surface area contributed by atoms with E-state index in [-0.39, 0.29) is 48.0 Å². The molecule has 0 aliphatic carbocycles. The standard InChI is InChI=1S/C21H35N5O.HI/c1-5-22-20(23-15-19(27)26-13-9-10-14-26)24-16-21(3,4)25-17(2)18-11-7-6-8-12-18;/h6-8,11-12,17,25H,5,9-10,13-16H2,1-4H3,(H2,22,23,24);1H. The van der Waals surface area contributed by atoms with Crippen LogP contribution in [0.1, 0.15) is 52.1 Å². The van der Waals surface area contributed by atoms with Crippen LogP contribution in [0.4, 0.5) is 0 Å². The average molecular weight is 501 g/mol. The molecule has 6 nitrogen and oxygen atoms in total. The lowest BCUT2D eigenvalue weighted by atomic mass is 10.0. The number of likely N-dealkylation sites (tertiary alicyclic amines) is 1. The Balaban J connectivity index is 0.00000392. The zero-order chi connectivity index (χ0) is 19.7. The number of amides is 1. The highest BCUT2D eigenvalue weighted by Gasteiger charge is 2.21. The van der Waals surface area contributed by atoms with Crippen LogP contribution < -0.4 is 16.0 Å². The number of hydrogen-bond donors (Lipinski definition) is 3. The smallest absolute Gasteiger partial charge is 0.244 e. The van der Waals surface area contributed by atoms with Gasteiger partial charge in [0.2, 0.25) is 5.91 Å². The van der Waals surface area contributed by atoms with Gasteiger partial charge in [-0.3, -0.25) is 4.79 Å². The fourth-order valence-electron chi connectivity index (χ4n) is 3.32. The molecule has 7 heteroatoms. The predicted molar refractivity (Wildman–Crippen MR) is 127 cm³/mol. The lowest BCUT2D eigenvalue weighted by Gasteiger charge is -2.31. The summed E-state index contributed by atoms with van der Waals surface area (Å²) < 4.78 is 0. The van der Waals surface area contributed by atoms with Crippen LogP contribution in [0, 0.1) is 0 Å². The zero-order valence-electron chi connectivity index (χ0n) is 17.6. The molecule has 2 rings (SSSR count). The van der Waals surface area contributed by atoms with Crippen molar-refractivity contribution in [3.8, 4) is 0 Å². The summed E-state index contributed by atoms with van der Waals surface area (Å²) in [4.78, 5) is 18.6. The fourth-order valence-corrected chi connectivity index (χ4v) is 3.32. The van der Waals surface area contributed by atoms with Crippen molar-refractivity contribution < 1.29 is 4.79 Å². The maximum Gasteiger partial charge on any atom is 0.244 e. The van der Waals surface area contributed by atoms with Crippen molar-refractivity contribution in [1.29, 1.82) is 0 Å². The molecule has 1 amide bonds. The third-order valence-corrected chi connectivity index (χ3v) is 4.78. The van der Waals surface area contributed by atoms with Crippen LogP contribution in [-0.2, 0) is 4.79 Å². The van der Waals surface area contributed by atoms with Crippen LogP contribution in [0.25, 0.3) is 0 Å². The number of aliphatic imine (C=N–C) groups is 1. The Bertz CT molecular complexity index is 614. The van der Waals surface area contributed by atoms with Gasteiger partial charge in [-0.25, -0.2) is 4.99 Å². The van der Waals surface area contributed by atoms with E-state index < -0.39 is 0 Å². The van der Waals surface area contributed by atoms with Crippen molar-refractivity contribution in [2.45, 2.75) is 52.1 Å². The molecule has 1 aliphatic rings. The summed E-state index contributed by atoms with van der Waals surface area (Å²) in [6, 6.07) is 10.7. The number of hydrogen-bond acceptors (Lipinski definition) is 3. The van der Waals surface area contributed by atoms with E-state index in [2.05, 4.69) is 66.0 Å². The first-order valence-corrected chi connectivity index (χ1v) is 10.0. The summed E-state index contributed by atoms with van der Waals surface area (Å²) in [7, 11) is 0. The van der Waals surface area contributed by atoms with E-state index in [1.54, 1.807) is 0 Å². The second kappa shape index (κ2) is 12.3. The Hall–Kier alpha value is -1.35. The van der Waals surface area contributed by atoms with E-state index >= 15 is 0 Å². The van der Waals surface area contributed by atoms with Gasteiger partial charge in [0.25, 0.3) is 0 Å². The summed E-state index contributed by atoms with van der Waals surface area (Å²) in [5.41, 5.74) is 1.13. The van der Waals surface area contributed by atoms with E-state index in [9.17, 15) is 4.79 Å². The lowest BCUT2D eigenvalue weighted by molar-refractivity contribution is -0.128. The number of nitrogens with one attached hydrogen (secondary N) is 3. The minimum atomic E-state index is -0.135.